The van der Waals surface area contributed by atoms with Crippen molar-refractivity contribution >= 4 is 0 Å². The van der Waals surface area contributed by atoms with Crippen LogP contribution in [0.1, 0.15) is 88.7 Å². The minimum absolute atomic E-state index is 0.00669. The highest BCUT2D eigenvalue weighted by Crippen LogP contribution is 2.31. The fourth-order valence-electron chi connectivity index (χ4n) is 3.70. The van der Waals surface area contributed by atoms with Crippen molar-refractivity contribution in [3.8, 4) is 0 Å². The molecule has 2 N–H and O–H groups in total. The van der Waals surface area contributed by atoms with Gasteiger partial charge in [-0.25, -0.2) is 4.98 Å². The molecule has 1 aliphatic heterocycles. The van der Waals surface area contributed by atoms with Gasteiger partial charge in [-0.1, -0.05) is 38.5 Å². The van der Waals surface area contributed by atoms with Crippen molar-refractivity contribution in [2.75, 3.05) is 6.54 Å². The lowest BCUT2D eigenvalue weighted by Gasteiger charge is -2.20. The number of nitrogens with one attached hydrogen (secondary N) is 2. The Kier molecular flexibility index (Phi) is 4.39. The number of H-pyrrole nitrogens is 1. The van der Waals surface area contributed by atoms with Gasteiger partial charge in [0.25, 0.3) is 0 Å². The first-order valence-electron chi connectivity index (χ1n) is 8.46. The molecule has 4 heteroatoms. The third-order valence-corrected chi connectivity index (χ3v) is 5.11. The summed E-state index contributed by atoms with van der Waals surface area (Å²) < 4.78 is 0. The zero-order valence-corrected chi connectivity index (χ0v) is 12.7. The highest BCUT2D eigenvalue weighted by Gasteiger charge is 2.34. The summed E-state index contributed by atoms with van der Waals surface area (Å²) in [6, 6.07) is 0. The third kappa shape index (κ3) is 3.05. The van der Waals surface area contributed by atoms with Crippen molar-refractivity contribution in [3.63, 3.8) is 0 Å². The van der Waals surface area contributed by atoms with Crippen molar-refractivity contribution in [2.45, 2.75) is 82.6 Å². The minimum atomic E-state index is -0.00669. The van der Waals surface area contributed by atoms with Crippen molar-refractivity contribution in [3.05, 3.63) is 11.6 Å². The van der Waals surface area contributed by atoms with Crippen LogP contribution in [0.2, 0.25) is 0 Å². The SMILES string of the molecule is CC1(c2n[nH]c(C3CCCCCCCC3)n2)CCCN1. The first-order valence-corrected chi connectivity index (χ1v) is 8.46. The van der Waals surface area contributed by atoms with E-state index in [1.54, 1.807) is 0 Å². The van der Waals surface area contributed by atoms with Gasteiger partial charge in [-0.05, 0) is 39.2 Å². The van der Waals surface area contributed by atoms with Crippen LogP contribution >= 0.6 is 0 Å². The van der Waals surface area contributed by atoms with E-state index in [1.807, 2.05) is 0 Å². The van der Waals surface area contributed by atoms with Crippen LogP contribution in [0, 0.1) is 0 Å². The van der Waals surface area contributed by atoms with Crippen LogP contribution in [0.4, 0.5) is 0 Å². The Morgan fingerprint density at radius 2 is 1.70 bits per heavy atom. The highest BCUT2D eigenvalue weighted by molar-refractivity contribution is 5.09. The van der Waals surface area contributed by atoms with Gasteiger partial charge in [0.05, 0.1) is 5.54 Å². The van der Waals surface area contributed by atoms with Gasteiger partial charge in [0, 0.05) is 5.92 Å². The van der Waals surface area contributed by atoms with E-state index in [-0.39, 0.29) is 5.54 Å². The Morgan fingerprint density at radius 1 is 1.00 bits per heavy atom. The largest absolute Gasteiger partial charge is 0.305 e. The number of rotatable bonds is 2. The van der Waals surface area contributed by atoms with E-state index in [1.165, 1.54) is 57.8 Å². The molecule has 1 aromatic heterocycles. The zero-order valence-electron chi connectivity index (χ0n) is 12.7. The van der Waals surface area contributed by atoms with Gasteiger partial charge >= 0.3 is 0 Å². The van der Waals surface area contributed by atoms with Gasteiger partial charge in [-0.2, -0.15) is 5.10 Å². The highest BCUT2D eigenvalue weighted by atomic mass is 15.3. The topological polar surface area (TPSA) is 53.6 Å². The van der Waals surface area contributed by atoms with E-state index in [4.69, 9.17) is 4.98 Å². The molecule has 0 amide bonds. The second-order valence-electron chi connectivity index (χ2n) is 6.80. The third-order valence-electron chi connectivity index (χ3n) is 5.11. The van der Waals surface area contributed by atoms with Gasteiger partial charge in [-0.3, -0.25) is 5.10 Å². The van der Waals surface area contributed by atoms with Gasteiger partial charge in [0.2, 0.25) is 0 Å². The van der Waals surface area contributed by atoms with E-state index in [2.05, 4.69) is 22.4 Å². The lowest BCUT2D eigenvalue weighted by molar-refractivity contribution is 0.407. The molecule has 2 aliphatic rings. The summed E-state index contributed by atoms with van der Waals surface area (Å²) in [5.74, 6) is 2.71. The number of hydrogen-bond acceptors (Lipinski definition) is 3. The van der Waals surface area contributed by atoms with Crippen LogP contribution in [-0.4, -0.2) is 21.7 Å². The summed E-state index contributed by atoms with van der Waals surface area (Å²) in [6.45, 7) is 3.32. The molecule has 112 valence electrons. The van der Waals surface area contributed by atoms with E-state index in [9.17, 15) is 0 Å². The van der Waals surface area contributed by atoms with Crippen molar-refractivity contribution in [1.29, 1.82) is 0 Å². The zero-order chi connectivity index (χ0) is 13.8. The van der Waals surface area contributed by atoms with Crippen LogP contribution in [0.3, 0.4) is 0 Å². The summed E-state index contributed by atoms with van der Waals surface area (Å²) in [7, 11) is 0. The standard InChI is InChI=1S/C16H28N4/c1-16(11-8-12-17-16)15-18-14(19-20-15)13-9-6-4-2-3-5-7-10-13/h13,17H,2-12H2,1H3,(H,18,19,20). The lowest BCUT2D eigenvalue weighted by Crippen LogP contribution is -2.34. The quantitative estimate of drug-likeness (QED) is 0.867. The molecule has 0 aromatic carbocycles. The average Bonchev–Trinajstić information content (AvgIpc) is 3.09. The Labute approximate surface area is 122 Å². The molecule has 0 spiro atoms. The summed E-state index contributed by atoms with van der Waals surface area (Å²) in [6.07, 6.45) is 13.2. The molecule has 4 nitrogen and oxygen atoms in total. The maximum atomic E-state index is 4.86. The number of hydrogen-bond donors (Lipinski definition) is 2. The van der Waals surface area contributed by atoms with E-state index in [0.717, 1.165) is 24.6 Å². The summed E-state index contributed by atoms with van der Waals surface area (Å²) in [4.78, 5) is 4.86. The molecule has 2 heterocycles. The molecule has 20 heavy (non-hydrogen) atoms. The number of aromatic amines is 1. The molecule has 1 aliphatic carbocycles. The van der Waals surface area contributed by atoms with Crippen molar-refractivity contribution in [1.82, 2.24) is 20.5 Å². The molecule has 1 unspecified atom stereocenters. The maximum Gasteiger partial charge on any atom is 0.170 e. The molecule has 2 fully saturated rings. The molecule has 0 radical (unpaired) electrons. The smallest absolute Gasteiger partial charge is 0.170 e. The minimum Gasteiger partial charge on any atom is -0.305 e. The fourth-order valence-corrected chi connectivity index (χ4v) is 3.70. The van der Waals surface area contributed by atoms with Crippen molar-refractivity contribution in [2.24, 2.45) is 0 Å². The van der Waals surface area contributed by atoms with Crippen LogP contribution in [0.5, 0.6) is 0 Å². The first kappa shape index (κ1) is 14.1. The van der Waals surface area contributed by atoms with Gasteiger partial charge in [0.15, 0.2) is 5.82 Å². The molecular weight excluding hydrogens is 248 g/mol. The molecule has 1 saturated carbocycles. The fraction of sp³-hybridized carbons (Fsp3) is 0.875. The predicted molar refractivity (Wildman–Crippen MR) is 80.6 cm³/mol. The molecule has 1 saturated heterocycles. The monoisotopic (exact) mass is 276 g/mol. The number of nitrogens with zero attached hydrogens (tertiary/aromatic N) is 2. The Morgan fingerprint density at radius 3 is 2.35 bits per heavy atom. The van der Waals surface area contributed by atoms with Gasteiger partial charge < -0.3 is 5.32 Å². The predicted octanol–water partition coefficient (Wildman–Crippen LogP) is 3.62. The Balaban J connectivity index is 1.71. The number of aromatic nitrogens is 3. The molecule has 1 aromatic rings. The first-order chi connectivity index (χ1) is 9.78. The van der Waals surface area contributed by atoms with Crippen LogP contribution in [0.15, 0.2) is 0 Å². The Hall–Kier alpha value is -0.900. The van der Waals surface area contributed by atoms with E-state index in [0.29, 0.717) is 5.92 Å². The molecular formula is C16H28N4. The van der Waals surface area contributed by atoms with Crippen LogP contribution in [-0.2, 0) is 5.54 Å². The van der Waals surface area contributed by atoms with Gasteiger partial charge in [0.1, 0.15) is 5.82 Å². The van der Waals surface area contributed by atoms with Gasteiger partial charge in [-0.15, -0.1) is 0 Å². The maximum absolute atomic E-state index is 4.86. The van der Waals surface area contributed by atoms with E-state index < -0.39 is 0 Å². The second kappa shape index (κ2) is 6.25. The summed E-state index contributed by atoms with van der Waals surface area (Å²) >= 11 is 0. The summed E-state index contributed by atoms with van der Waals surface area (Å²) in [5, 5.41) is 11.3. The van der Waals surface area contributed by atoms with Crippen LogP contribution in [0.25, 0.3) is 0 Å². The normalized spacial score (nSPS) is 29.9. The summed E-state index contributed by atoms with van der Waals surface area (Å²) in [5.41, 5.74) is -0.00669. The lowest BCUT2D eigenvalue weighted by atomic mass is 9.96. The molecule has 3 rings (SSSR count). The average molecular weight is 276 g/mol. The van der Waals surface area contributed by atoms with Crippen molar-refractivity contribution < 1.29 is 0 Å². The van der Waals surface area contributed by atoms with E-state index >= 15 is 0 Å². The molecule has 0 bridgehead atoms. The Bertz CT molecular complexity index is 410. The molecule has 1 atom stereocenters. The second-order valence-corrected chi connectivity index (χ2v) is 6.80. The van der Waals surface area contributed by atoms with Crippen LogP contribution < -0.4 is 5.32 Å².